The van der Waals surface area contributed by atoms with Gasteiger partial charge in [0.25, 0.3) is 5.91 Å². The molecule has 8 nitrogen and oxygen atoms in total. The van der Waals surface area contributed by atoms with Crippen molar-refractivity contribution in [3.63, 3.8) is 0 Å². The van der Waals surface area contributed by atoms with Crippen molar-refractivity contribution >= 4 is 11.8 Å². The number of benzene rings is 1. The summed E-state index contributed by atoms with van der Waals surface area (Å²) in [6.07, 6.45) is 5.63. The average molecular weight is 496 g/mol. The second-order valence-corrected chi connectivity index (χ2v) is 10.3. The van der Waals surface area contributed by atoms with E-state index in [1.165, 1.54) is 5.56 Å². The van der Waals surface area contributed by atoms with Crippen molar-refractivity contribution in [3.8, 4) is 5.75 Å². The van der Waals surface area contributed by atoms with E-state index >= 15 is 0 Å². The molecule has 1 aromatic carbocycles. The highest BCUT2D eigenvalue weighted by atomic mass is 16.5. The van der Waals surface area contributed by atoms with Crippen molar-refractivity contribution in [3.05, 3.63) is 59.9 Å². The molecule has 1 aliphatic rings. The lowest BCUT2D eigenvalue weighted by Crippen LogP contribution is -2.50. The fourth-order valence-corrected chi connectivity index (χ4v) is 4.36. The number of hydrogen-bond donors (Lipinski definition) is 2. The fraction of sp³-hybridized carbons (Fsp3) is 0.536. The number of carbonyl (C=O) groups is 2. The van der Waals surface area contributed by atoms with Gasteiger partial charge >= 0.3 is 0 Å². The summed E-state index contributed by atoms with van der Waals surface area (Å²) in [5, 5.41) is 6.08. The summed E-state index contributed by atoms with van der Waals surface area (Å²) < 4.78 is 5.83. The number of carbonyl (C=O) groups excluding carboxylic acids is 2. The number of aromatic nitrogens is 1. The molecule has 0 radical (unpaired) electrons. The van der Waals surface area contributed by atoms with E-state index in [2.05, 4.69) is 65.5 Å². The van der Waals surface area contributed by atoms with Gasteiger partial charge in [0.1, 0.15) is 11.8 Å². The lowest BCUT2D eigenvalue weighted by Gasteiger charge is -2.23. The third kappa shape index (κ3) is 9.24. The van der Waals surface area contributed by atoms with E-state index < -0.39 is 6.04 Å². The Morgan fingerprint density at radius 3 is 2.53 bits per heavy atom. The Labute approximate surface area is 215 Å². The molecule has 36 heavy (non-hydrogen) atoms. The number of nitrogens with zero attached hydrogens (tertiary/aromatic N) is 3. The monoisotopic (exact) mass is 495 g/mol. The summed E-state index contributed by atoms with van der Waals surface area (Å²) in [5.41, 5.74) is 1.73. The van der Waals surface area contributed by atoms with Crippen LogP contribution in [0.25, 0.3) is 0 Å². The Morgan fingerprint density at radius 2 is 1.86 bits per heavy atom. The highest BCUT2D eigenvalue weighted by molar-refractivity contribution is 5.97. The Hall–Kier alpha value is -2.97. The summed E-state index contributed by atoms with van der Waals surface area (Å²) in [5.74, 6) is 0.803. The zero-order chi connectivity index (χ0) is 25.9. The highest BCUT2D eigenvalue weighted by Gasteiger charge is 2.28. The van der Waals surface area contributed by atoms with Crippen LogP contribution in [-0.4, -0.2) is 79.0 Å². The van der Waals surface area contributed by atoms with Gasteiger partial charge in [0.15, 0.2) is 0 Å². The average Bonchev–Trinajstić information content (AvgIpc) is 3.29. The lowest BCUT2D eigenvalue weighted by molar-refractivity contribution is -0.124. The first-order chi connectivity index (χ1) is 17.3. The second kappa shape index (κ2) is 13.9. The van der Waals surface area contributed by atoms with Crippen LogP contribution in [0.1, 0.15) is 49.0 Å². The van der Waals surface area contributed by atoms with Gasteiger partial charge in [-0.05, 0) is 69.1 Å². The number of nitrogens with one attached hydrogen (secondary N) is 2. The van der Waals surface area contributed by atoms with Gasteiger partial charge in [0.2, 0.25) is 5.91 Å². The zero-order valence-electron chi connectivity index (χ0n) is 22.1. The first-order valence-electron chi connectivity index (χ1n) is 12.9. The quantitative estimate of drug-likeness (QED) is 0.416. The van der Waals surface area contributed by atoms with Gasteiger partial charge in [-0.25, -0.2) is 0 Å². The number of amides is 2. The van der Waals surface area contributed by atoms with Gasteiger partial charge in [-0.15, -0.1) is 0 Å². The van der Waals surface area contributed by atoms with Gasteiger partial charge < -0.3 is 20.3 Å². The standard InChI is InChI=1S/C28H41N5O3/c1-21(2)18-26(31-27(34)23-10-13-29-14-11-23)28(35)30-24-12-16-33(20-24)19-22-6-8-25(9-7-22)36-17-5-15-32(3)4/h6-11,13-14,21,24,26H,5,12,15-20H2,1-4H3,(H,30,35)(H,31,34)/t24-,26-/m0/s1. The van der Waals surface area contributed by atoms with Crippen molar-refractivity contribution in [2.24, 2.45) is 5.92 Å². The molecule has 0 saturated carbocycles. The molecule has 0 bridgehead atoms. The largest absolute Gasteiger partial charge is 0.494 e. The maximum Gasteiger partial charge on any atom is 0.252 e. The van der Waals surface area contributed by atoms with Crippen molar-refractivity contribution in [2.75, 3.05) is 40.3 Å². The van der Waals surface area contributed by atoms with E-state index in [1.54, 1.807) is 24.5 Å². The molecule has 1 saturated heterocycles. The van der Waals surface area contributed by atoms with Crippen LogP contribution in [0, 0.1) is 5.92 Å². The topological polar surface area (TPSA) is 86.8 Å². The third-order valence-corrected chi connectivity index (χ3v) is 6.24. The fourth-order valence-electron chi connectivity index (χ4n) is 4.36. The molecule has 1 aliphatic heterocycles. The minimum atomic E-state index is -0.565. The van der Waals surface area contributed by atoms with Crippen LogP contribution in [0.3, 0.4) is 0 Å². The maximum absolute atomic E-state index is 13.1. The molecule has 0 unspecified atom stereocenters. The molecular weight excluding hydrogens is 454 g/mol. The Balaban J connectivity index is 1.46. The molecule has 3 rings (SSSR count). The Bertz CT molecular complexity index is 949. The molecule has 8 heteroatoms. The number of ether oxygens (including phenoxy) is 1. The van der Waals surface area contributed by atoms with Crippen molar-refractivity contribution in [1.29, 1.82) is 0 Å². The van der Waals surface area contributed by atoms with E-state index in [0.29, 0.717) is 18.6 Å². The predicted molar refractivity (Wildman–Crippen MR) is 142 cm³/mol. The van der Waals surface area contributed by atoms with Gasteiger partial charge in [-0.3, -0.25) is 19.5 Å². The maximum atomic E-state index is 13.1. The molecule has 2 amide bonds. The molecule has 2 aromatic rings. The molecule has 2 N–H and O–H groups in total. The zero-order valence-corrected chi connectivity index (χ0v) is 22.1. The van der Waals surface area contributed by atoms with E-state index in [4.69, 9.17) is 4.74 Å². The molecule has 1 aromatic heterocycles. The lowest BCUT2D eigenvalue weighted by atomic mass is 10.0. The normalized spacial score (nSPS) is 16.8. The number of likely N-dealkylation sites (tertiary alicyclic amines) is 1. The van der Waals surface area contributed by atoms with E-state index in [9.17, 15) is 9.59 Å². The van der Waals surface area contributed by atoms with Gasteiger partial charge in [-0.1, -0.05) is 26.0 Å². The Kier molecular flexibility index (Phi) is 10.7. The van der Waals surface area contributed by atoms with Crippen LogP contribution < -0.4 is 15.4 Å². The van der Waals surface area contributed by atoms with E-state index in [1.807, 2.05) is 12.1 Å². The molecule has 196 valence electrons. The molecule has 2 heterocycles. The first kappa shape index (κ1) is 27.6. The minimum Gasteiger partial charge on any atom is -0.494 e. The molecule has 0 spiro atoms. The Morgan fingerprint density at radius 1 is 1.14 bits per heavy atom. The van der Waals surface area contributed by atoms with Crippen molar-refractivity contribution in [2.45, 2.75) is 51.7 Å². The minimum absolute atomic E-state index is 0.0734. The smallest absolute Gasteiger partial charge is 0.252 e. The van der Waals surface area contributed by atoms with Crippen LogP contribution in [0.15, 0.2) is 48.8 Å². The van der Waals surface area contributed by atoms with Gasteiger partial charge in [-0.2, -0.15) is 0 Å². The second-order valence-electron chi connectivity index (χ2n) is 10.3. The van der Waals surface area contributed by atoms with Gasteiger partial charge in [0.05, 0.1) is 6.61 Å². The molecule has 0 aliphatic carbocycles. The molecular formula is C28H41N5O3. The molecule has 2 atom stereocenters. The third-order valence-electron chi connectivity index (χ3n) is 6.24. The van der Waals surface area contributed by atoms with Crippen LogP contribution in [-0.2, 0) is 11.3 Å². The first-order valence-corrected chi connectivity index (χ1v) is 12.9. The van der Waals surface area contributed by atoms with Crippen molar-refractivity contribution < 1.29 is 14.3 Å². The summed E-state index contributed by atoms with van der Waals surface area (Å²) in [6, 6.07) is 11.1. The summed E-state index contributed by atoms with van der Waals surface area (Å²) in [7, 11) is 4.13. The summed E-state index contributed by atoms with van der Waals surface area (Å²) >= 11 is 0. The predicted octanol–water partition coefficient (Wildman–Crippen LogP) is 2.95. The van der Waals surface area contributed by atoms with Gasteiger partial charge in [0, 0.05) is 50.2 Å². The van der Waals surface area contributed by atoms with Crippen LogP contribution in [0.4, 0.5) is 0 Å². The molecule has 1 fully saturated rings. The highest BCUT2D eigenvalue weighted by Crippen LogP contribution is 2.18. The number of pyridine rings is 1. The number of rotatable bonds is 13. The van der Waals surface area contributed by atoms with Crippen LogP contribution >= 0.6 is 0 Å². The number of hydrogen-bond acceptors (Lipinski definition) is 6. The van der Waals surface area contributed by atoms with E-state index in [-0.39, 0.29) is 23.8 Å². The van der Waals surface area contributed by atoms with E-state index in [0.717, 1.165) is 44.8 Å². The van der Waals surface area contributed by atoms with Crippen molar-refractivity contribution in [1.82, 2.24) is 25.4 Å². The van der Waals surface area contributed by atoms with Crippen LogP contribution in [0.2, 0.25) is 0 Å². The van der Waals surface area contributed by atoms with Crippen LogP contribution in [0.5, 0.6) is 5.75 Å². The SMILES string of the molecule is CC(C)C[C@H](NC(=O)c1ccncc1)C(=O)N[C@H]1CCN(Cc2ccc(OCCCN(C)C)cc2)C1. The summed E-state index contributed by atoms with van der Waals surface area (Å²) in [4.78, 5) is 34.2. The summed E-state index contributed by atoms with van der Waals surface area (Å²) in [6.45, 7) is 8.38.